The summed E-state index contributed by atoms with van der Waals surface area (Å²) >= 11 is 5.99. The SMILES string of the molecule is CC(C)(C)c1ccccc1NC(=O)CC(=O)Nc1ccccc1Cl. The fourth-order valence-electron chi connectivity index (χ4n) is 2.34. The van der Waals surface area contributed by atoms with Crippen molar-refractivity contribution in [1.82, 2.24) is 0 Å². The van der Waals surface area contributed by atoms with E-state index in [2.05, 4.69) is 31.4 Å². The number of carbonyl (C=O) groups excluding carboxylic acids is 2. The average Bonchev–Trinajstić information content (AvgIpc) is 2.49. The van der Waals surface area contributed by atoms with Gasteiger partial charge in [0.2, 0.25) is 11.8 Å². The molecule has 0 atom stereocenters. The zero-order valence-corrected chi connectivity index (χ0v) is 14.8. The summed E-state index contributed by atoms with van der Waals surface area (Å²) in [7, 11) is 0. The second-order valence-electron chi connectivity index (χ2n) is 6.55. The molecule has 2 amide bonds. The van der Waals surface area contributed by atoms with Gasteiger partial charge in [-0.15, -0.1) is 0 Å². The molecule has 0 fully saturated rings. The molecule has 0 spiro atoms. The van der Waals surface area contributed by atoms with Crippen molar-refractivity contribution < 1.29 is 9.59 Å². The van der Waals surface area contributed by atoms with Gasteiger partial charge in [0.25, 0.3) is 0 Å². The van der Waals surface area contributed by atoms with Crippen molar-refractivity contribution in [2.24, 2.45) is 0 Å². The number of amides is 2. The third-order valence-corrected chi connectivity index (χ3v) is 3.81. The lowest BCUT2D eigenvalue weighted by molar-refractivity contribution is -0.123. The highest BCUT2D eigenvalue weighted by atomic mass is 35.5. The predicted octanol–water partition coefficient (Wildman–Crippen LogP) is 4.60. The minimum atomic E-state index is -0.408. The summed E-state index contributed by atoms with van der Waals surface area (Å²) in [4.78, 5) is 24.2. The molecule has 24 heavy (non-hydrogen) atoms. The topological polar surface area (TPSA) is 58.2 Å². The number of nitrogens with one attached hydrogen (secondary N) is 2. The minimum Gasteiger partial charge on any atom is -0.325 e. The zero-order valence-electron chi connectivity index (χ0n) is 14.0. The lowest BCUT2D eigenvalue weighted by atomic mass is 9.86. The van der Waals surface area contributed by atoms with Crippen molar-refractivity contribution in [2.75, 3.05) is 10.6 Å². The first-order chi connectivity index (χ1) is 11.3. The molecule has 0 aliphatic rings. The number of rotatable bonds is 4. The quantitative estimate of drug-likeness (QED) is 0.796. The molecule has 5 heteroatoms. The van der Waals surface area contributed by atoms with Crippen LogP contribution in [0.2, 0.25) is 5.02 Å². The van der Waals surface area contributed by atoms with E-state index in [1.165, 1.54) is 0 Å². The molecule has 0 bridgehead atoms. The van der Waals surface area contributed by atoms with Crippen LogP contribution in [-0.4, -0.2) is 11.8 Å². The van der Waals surface area contributed by atoms with E-state index < -0.39 is 5.91 Å². The van der Waals surface area contributed by atoms with E-state index in [0.717, 1.165) is 11.3 Å². The van der Waals surface area contributed by atoms with Gasteiger partial charge in [0, 0.05) is 5.69 Å². The number of hydrogen-bond acceptors (Lipinski definition) is 2. The Balaban J connectivity index is 2.02. The standard InChI is InChI=1S/C19H21ClN2O2/c1-19(2,3)13-8-4-6-10-15(13)21-17(23)12-18(24)22-16-11-7-5-9-14(16)20/h4-11H,12H2,1-3H3,(H,21,23)(H,22,24). The molecule has 126 valence electrons. The van der Waals surface area contributed by atoms with E-state index >= 15 is 0 Å². The van der Waals surface area contributed by atoms with E-state index in [9.17, 15) is 9.59 Å². The van der Waals surface area contributed by atoms with E-state index in [4.69, 9.17) is 11.6 Å². The maximum absolute atomic E-state index is 12.2. The normalized spacial score (nSPS) is 11.0. The molecular weight excluding hydrogens is 324 g/mol. The number of carbonyl (C=O) groups is 2. The number of benzene rings is 2. The Morgan fingerprint density at radius 2 is 1.38 bits per heavy atom. The summed E-state index contributed by atoms with van der Waals surface area (Å²) in [6, 6.07) is 14.5. The second kappa shape index (κ2) is 7.49. The van der Waals surface area contributed by atoms with Crippen molar-refractivity contribution >= 4 is 34.8 Å². The molecule has 2 rings (SSSR count). The first kappa shape index (κ1) is 18.0. The van der Waals surface area contributed by atoms with Crippen LogP contribution < -0.4 is 10.6 Å². The van der Waals surface area contributed by atoms with Gasteiger partial charge >= 0.3 is 0 Å². The fraction of sp³-hybridized carbons (Fsp3) is 0.263. The molecule has 0 aromatic heterocycles. The summed E-state index contributed by atoms with van der Waals surface area (Å²) in [6.07, 6.45) is -0.274. The van der Waals surface area contributed by atoms with E-state index in [0.29, 0.717) is 10.7 Å². The summed E-state index contributed by atoms with van der Waals surface area (Å²) in [6.45, 7) is 6.21. The third-order valence-electron chi connectivity index (χ3n) is 3.48. The monoisotopic (exact) mass is 344 g/mol. The van der Waals surface area contributed by atoms with E-state index in [-0.39, 0.29) is 17.7 Å². The summed E-state index contributed by atoms with van der Waals surface area (Å²) < 4.78 is 0. The van der Waals surface area contributed by atoms with Gasteiger partial charge < -0.3 is 10.6 Å². The largest absolute Gasteiger partial charge is 0.325 e. The van der Waals surface area contributed by atoms with E-state index in [1.807, 2.05) is 24.3 Å². The molecule has 0 aliphatic carbocycles. The van der Waals surface area contributed by atoms with Crippen LogP contribution >= 0.6 is 11.6 Å². The van der Waals surface area contributed by atoms with Crippen molar-refractivity contribution in [2.45, 2.75) is 32.6 Å². The van der Waals surface area contributed by atoms with Gasteiger partial charge in [-0.3, -0.25) is 9.59 Å². The van der Waals surface area contributed by atoms with Crippen molar-refractivity contribution in [3.8, 4) is 0 Å². The maximum Gasteiger partial charge on any atom is 0.233 e. The van der Waals surface area contributed by atoms with Gasteiger partial charge in [0.1, 0.15) is 6.42 Å². The van der Waals surface area contributed by atoms with Crippen molar-refractivity contribution in [1.29, 1.82) is 0 Å². The van der Waals surface area contributed by atoms with Crippen LogP contribution in [-0.2, 0) is 15.0 Å². The minimum absolute atomic E-state index is 0.107. The van der Waals surface area contributed by atoms with Crippen LogP contribution in [0.3, 0.4) is 0 Å². The molecule has 0 unspecified atom stereocenters. The first-order valence-corrected chi connectivity index (χ1v) is 8.09. The van der Waals surface area contributed by atoms with Gasteiger partial charge in [-0.05, 0) is 29.2 Å². The first-order valence-electron chi connectivity index (χ1n) is 7.71. The molecular formula is C19H21ClN2O2. The molecule has 2 aromatic carbocycles. The van der Waals surface area contributed by atoms with Gasteiger partial charge in [-0.2, -0.15) is 0 Å². The van der Waals surface area contributed by atoms with Crippen LogP contribution in [0.15, 0.2) is 48.5 Å². The molecule has 0 aliphatic heterocycles. The van der Waals surface area contributed by atoms with Crippen LogP contribution in [0.4, 0.5) is 11.4 Å². The molecule has 2 aromatic rings. The molecule has 0 heterocycles. The van der Waals surface area contributed by atoms with Gasteiger partial charge in [-0.25, -0.2) is 0 Å². The van der Waals surface area contributed by atoms with Crippen molar-refractivity contribution in [3.05, 3.63) is 59.1 Å². The highest BCUT2D eigenvalue weighted by molar-refractivity contribution is 6.33. The van der Waals surface area contributed by atoms with Crippen LogP contribution in [0, 0.1) is 0 Å². The Morgan fingerprint density at radius 1 is 0.875 bits per heavy atom. The number of hydrogen-bond donors (Lipinski definition) is 2. The van der Waals surface area contributed by atoms with Crippen molar-refractivity contribution in [3.63, 3.8) is 0 Å². The molecule has 2 N–H and O–H groups in total. The van der Waals surface area contributed by atoms with Gasteiger partial charge in [-0.1, -0.05) is 62.7 Å². The molecule has 4 nitrogen and oxygen atoms in total. The Hall–Kier alpha value is -2.33. The Labute approximate surface area is 147 Å². The predicted molar refractivity (Wildman–Crippen MR) is 98.5 cm³/mol. The number of halogens is 1. The summed E-state index contributed by atoms with van der Waals surface area (Å²) in [5.74, 6) is -0.773. The second-order valence-corrected chi connectivity index (χ2v) is 6.96. The molecule has 0 saturated carbocycles. The zero-order chi connectivity index (χ0) is 17.7. The highest BCUT2D eigenvalue weighted by Gasteiger charge is 2.19. The Bertz CT molecular complexity index is 751. The lowest BCUT2D eigenvalue weighted by Gasteiger charge is -2.23. The maximum atomic E-state index is 12.2. The Morgan fingerprint density at radius 3 is 1.96 bits per heavy atom. The summed E-state index contributed by atoms with van der Waals surface area (Å²) in [5.41, 5.74) is 2.13. The number of para-hydroxylation sites is 2. The average molecular weight is 345 g/mol. The molecule has 0 radical (unpaired) electrons. The van der Waals surface area contributed by atoms with E-state index in [1.54, 1.807) is 24.3 Å². The van der Waals surface area contributed by atoms with Crippen LogP contribution in [0.1, 0.15) is 32.8 Å². The molecule has 0 saturated heterocycles. The van der Waals surface area contributed by atoms with Gasteiger partial charge in [0.05, 0.1) is 10.7 Å². The summed E-state index contributed by atoms with van der Waals surface area (Å²) in [5, 5.41) is 5.89. The number of anilines is 2. The van der Waals surface area contributed by atoms with Crippen LogP contribution in [0.5, 0.6) is 0 Å². The lowest BCUT2D eigenvalue weighted by Crippen LogP contribution is -2.23. The highest BCUT2D eigenvalue weighted by Crippen LogP contribution is 2.29. The smallest absolute Gasteiger partial charge is 0.233 e. The third kappa shape index (κ3) is 4.83. The van der Waals surface area contributed by atoms with Crippen LogP contribution in [0.25, 0.3) is 0 Å². The Kier molecular flexibility index (Phi) is 5.62. The fourth-order valence-corrected chi connectivity index (χ4v) is 2.53. The van der Waals surface area contributed by atoms with Gasteiger partial charge in [0.15, 0.2) is 0 Å².